The third-order valence-electron chi connectivity index (χ3n) is 5.62. The van der Waals surface area contributed by atoms with Gasteiger partial charge in [-0.1, -0.05) is 24.3 Å². The molecule has 0 saturated heterocycles. The SMILES string of the molecule is CC(=O)c1cccc(NC(=O)COC(=O)c2ccc3c(c2)C(=O)N(c2cc(C)ccc2C)C3=O)c1. The van der Waals surface area contributed by atoms with Crippen LogP contribution in [0.5, 0.6) is 0 Å². The fraction of sp³-hybridized carbons (Fsp3) is 0.148. The van der Waals surface area contributed by atoms with Crippen LogP contribution in [0.3, 0.4) is 0 Å². The number of ketones is 1. The van der Waals surface area contributed by atoms with E-state index >= 15 is 0 Å². The van der Waals surface area contributed by atoms with Crippen LogP contribution >= 0.6 is 0 Å². The molecular formula is C27H22N2O6. The summed E-state index contributed by atoms with van der Waals surface area (Å²) < 4.78 is 5.08. The first-order chi connectivity index (χ1) is 16.7. The molecule has 1 heterocycles. The number of imide groups is 1. The lowest BCUT2D eigenvalue weighted by Crippen LogP contribution is -2.30. The van der Waals surface area contributed by atoms with Gasteiger partial charge in [0.1, 0.15) is 0 Å². The van der Waals surface area contributed by atoms with E-state index in [1.165, 1.54) is 31.2 Å². The molecule has 0 atom stereocenters. The van der Waals surface area contributed by atoms with Gasteiger partial charge in [-0.2, -0.15) is 0 Å². The number of anilines is 2. The average Bonchev–Trinajstić information content (AvgIpc) is 3.08. The summed E-state index contributed by atoms with van der Waals surface area (Å²) in [4.78, 5) is 63.3. The summed E-state index contributed by atoms with van der Waals surface area (Å²) in [7, 11) is 0. The predicted molar refractivity (Wildman–Crippen MR) is 129 cm³/mol. The number of hydrogen-bond acceptors (Lipinski definition) is 6. The maximum Gasteiger partial charge on any atom is 0.338 e. The molecule has 176 valence electrons. The molecule has 35 heavy (non-hydrogen) atoms. The van der Waals surface area contributed by atoms with Crippen molar-refractivity contribution in [3.05, 3.63) is 94.0 Å². The molecule has 3 aromatic carbocycles. The molecule has 0 radical (unpaired) electrons. The fourth-order valence-electron chi connectivity index (χ4n) is 3.77. The minimum Gasteiger partial charge on any atom is -0.452 e. The van der Waals surface area contributed by atoms with E-state index in [2.05, 4.69) is 5.32 Å². The molecule has 0 aromatic heterocycles. The Kier molecular flexibility index (Phi) is 6.29. The van der Waals surface area contributed by atoms with Crippen LogP contribution in [0.1, 0.15) is 59.5 Å². The highest BCUT2D eigenvalue weighted by Gasteiger charge is 2.38. The van der Waals surface area contributed by atoms with Crippen molar-refractivity contribution in [1.29, 1.82) is 0 Å². The van der Waals surface area contributed by atoms with Gasteiger partial charge in [0.25, 0.3) is 17.7 Å². The Morgan fingerprint density at radius 1 is 0.857 bits per heavy atom. The van der Waals surface area contributed by atoms with Gasteiger partial charge in [0.05, 0.1) is 22.4 Å². The monoisotopic (exact) mass is 470 g/mol. The number of fused-ring (bicyclic) bond motifs is 1. The minimum atomic E-state index is -0.814. The third kappa shape index (κ3) is 4.72. The van der Waals surface area contributed by atoms with E-state index in [1.54, 1.807) is 24.3 Å². The van der Waals surface area contributed by atoms with E-state index in [-0.39, 0.29) is 22.5 Å². The summed E-state index contributed by atoms with van der Waals surface area (Å²) in [5.74, 6) is -2.55. The summed E-state index contributed by atoms with van der Waals surface area (Å²) in [5.41, 5.74) is 3.32. The summed E-state index contributed by atoms with van der Waals surface area (Å²) in [6.45, 7) is 4.52. The molecule has 0 spiro atoms. The third-order valence-corrected chi connectivity index (χ3v) is 5.62. The molecule has 1 aliphatic heterocycles. The maximum absolute atomic E-state index is 13.1. The Hall–Kier alpha value is -4.59. The number of esters is 1. The molecule has 3 aromatic rings. The highest BCUT2D eigenvalue weighted by atomic mass is 16.5. The molecule has 8 heteroatoms. The molecule has 0 aliphatic carbocycles. The number of carbonyl (C=O) groups excluding carboxylic acids is 5. The zero-order chi connectivity index (χ0) is 25.3. The zero-order valence-corrected chi connectivity index (χ0v) is 19.4. The number of nitrogens with zero attached hydrogens (tertiary/aromatic N) is 1. The van der Waals surface area contributed by atoms with Crippen LogP contribution in [0.2, 0.25) is 0 Å². The molecule has 3 amide bonds. The number of amides is 3. The van der Waals surface area contributed by atoms with Crippen molar-refractivity contribution in [2.45, 2.75) is 20.8 Å². The van der Waals surface area contributed by atoms with Crippen LogP contribution in [0, 0.1) is 13.8 Å². The molecule has 1 aliphatic rings. The van der Waals surface area contributed by atoms with E-state index in [9.17, 15) is 24.0 Å². The number of benzene rings is 3. The molecule has 0 unspecified atom stereocenters. The number of ether oxygens (including phenoxy) is 1. The molecule has 1 N–H and O–H groups in total. The summed E-state index contributed by atoms with van der Waals surface area (Å²) in [6.07, 6.45) is 0. The molecule has 0 saturated carbocycles. The number of aryl methyl sites for hydroxylation is 2. The summed E-state index contributed by atoms with van der Waals surface area (Å²) in [6, 6.07) is 16.0. The lowest BCUT2D eigenvalue weighted by Gasteiger charge is -2.17. The van der Waals surface area contributed by atoms with Crippen LogP contribution in [0.4, 0.5) is 11.4 Å². The normalized spacial score (nSPS) is 12.4. The predicted octanol–water partition coefficient (Wildman–Crippen LogP) is 4.10. The van der Waals surface area contributed by atoms with Gasteiger partial charge < -0.3 is 10.1 Å². The second-order valence-corrected chi connectivity index (χ2v) is 8.26. The van der Waals surface area contributed by atoms with Gasteiger partial charge in [-0.15, -0.1) is 0 Å². The number of nitrogens with one attached hydrogen (secondary N) is 1. The largest absolute Gasteiger partial charge is 0.452 e. The quantitative estimate of drug-likeness (QED) is 0.330. The Morgan fingerprint density at radius 2 is 1.60 bits per heavy atom. The van der Waals surface area contributed by atoms with Crippen molar-refractivity contribution in [3.63, 3.8) is 0 Å². The van der Waals surface area contributed by atoms with E-state index in [1.807, 2.05) is 26.0 Å². The standard InChI is InChI=1S/C27H22N2O6/c1-15-7-8-16(2)23(11-15)29-25(32)21-10-9-19(13-22(21)26(29)33)27(34)35-14-24(31)28-20-6-4-5-18(12-20)17(3)30/h4-13H,14H2,1-3H3,(H,28,31). The van der Waals surface area contributed by atoms with Crippen molar-refractivity contribution < 1.29 is 28.7 Å². The summed E-state index contributed by atoms with van der Waals surface area (Å²) in [5, 5.41) is 2.56. The van der Waals surface area contributed by atoms with Crippen LogP contribution in [-0.2, 0) is 9.53 Å². The van der Waals surface area contributed by atoms with Crippen LogP contribution in [0.25, 0.3) is 0 Å². The Balaban J connectivity index is 1.46. The lowest BCUT2D eigenvalue weighted by molar-refractivity contribution is -0.119. The lowest BCUT2D eigenvalue weighted by atomic mass is 10.1. The highest BCUT2D eigenvalue weighted by molar-refractivity contribution is 6.35. The van der Waals surface area contributed by atoms with Gasteiger partial charge in [-0.25, -0.2) is 9.69 Å². The van der Waals surface area contributed by atoms with Crippen LogP contribution in [-0.4, -0.2) is 36.1 Å². The smallest absolute Gasteiger partial charge is 0.338 e. The number of hydrogen-bond donors (Lipinski definition) is 1. The van der Waals surface area contributed by atoms with Crippen molar-refractivity contribution in [2.75, 3.05) is 16.8 Å². The minimum absolute atomic E-state index is 0.0408. The zero-order valence-electron chi connectivity index (χ0n) is 19.4. The van der Waals surface area contributed by atoms with Crippen molar-refractivity contribution in [3.8, 4) is 0 Å². The van der Waals surface area contributed by atoms with Crippen LogP contribution in [0.15, 0.2) is 60.7 Å². The van der Waals surface area contributed by atoms with E-state index in [4.69, 9.17) is 4.74 Å². The Bertz CT molecular complexity index is 1410. The summed E-state index contributed by atoms with van der Waals surface area (Å²) >= 11 is 0. The second kappa shape index (κ2) is 9.34. The van der Waals surface area contributed by atoms with Crippen LogP contribution < -0.4 is 10.2 Å². The molecule has 4 rings (SSSR count). The molecule has 0 fully saturated rings. The molecule has 0 bridgehead atoms. The van der Waals surface area contributed by atoms with Crippen molar-refractivity contribution in [2.24, 2.45) is 0 Å². The molecule has 8 nitrogen and oxygen atoms in total. The Morgan fingerprint density at radius 3 is 2.34 bits per heavy atom. The Labute approximate surface area is 201 Å². The van der Waals surface area contributed by atoms with Gasteiger partial charge in [-0.3, -0.25) is 19.2 Å². The van der Waals surface area contributed by atoms with Gasteiger partial charge in [-0.05, 0) is 68.3 Å². The first-order valence-corrected chi connectivity index (χ1v) is 10.8. The first kappa shape index (κ1) is 23.6. The van der Waals surface area contributed by atoms with Gasteiger partial charge >= 0.3 is 5.97 Å². The van der Waals surface area contributed by atoms with Crippen molar-refractivity contribution in [1.82, 2.24) is 0 Å². The van der Waals surface area contributed by atoms with Gasteiger partial charge in [0.15, 0.2) is 12.4 Å². The number of Topliss-reactive ketones (excluding diaryl/α,β-unsaturated/α-hetero) is 1. The topological polar surface area (TPSA) is 110 Å². The van der Waals surface area contributed by atoms with E-state index < -0.39 is 30.3 Å². The van der Waals surface area contributed by atoms with Crippen molar-refractivity contribution >= 4 is 40.8 Å². The average molecular weight is 470 g/mol. The second-order valence-electron chi connectivity index (χ2n) is 8.26. The van der Waals surface area contributed by atoms with E-state index in [0.717, 1.165) is 16.0 Å². The number of carbonyl (C=O) groups is 5. The van der Waals surface area contributed by atoms with Gasteiger partial charge in [0.2, 0.25) is 0 Å². The molecular weight excluding hydrogens is 448 g/mol. The maximum atomic E-state index is 13.1. The van der Waals surface area contributed by atoms with Gasteiger partial charge in [0, 0.05) is 11.3 Å². The fourth-order valence-corrected chi connectivity index (χ4v) is 3.77. The first-order valence-electron chi connectivity index (χ1n) is 10.8. The number of rotatable bonds is 6. The highest BCUT2D eigenvalue weighted by Crippen LogP contribution is 2.32. The van der Waals surface area contributed by atoms with E-state index in [0.29, 0.717) is 16.9 Å².